The molecular weight excluding hydrogens is 458 g/mol. The van der Waals surface area contributed by atoms with E-state index < -0.39 is 12.1 Å². The van der Waals surface area contributed by atoms with Crippen LogP contribution in [0, 0.1) is 26.7 Å². The molecule has 1 unspecified atom stereocenters. The maximum Gasteiger partial charge on any atom is 0.415 e. The predicted molar refractivity (Wildman–Crippen MR) is 141 cm³/mol. The number of carboxylic acid groups (broad SMARTS) is 1. The summed E-state index contributed by atoms with van der Waals surface area (Å²) in [5.74, 6) is 0.823. The lowest BCUT2D eigenvalue weighted by Gasteiger charge is -2.23. The second-order valence-corrected chi connectivity index (χ2v) is 9.57. The quantitative estimate of drug-likeness (QED) is 0.345. The van der Waals surface area contributed by atoms with Crippen molar-refractivity contribution in [2.75, 3.05) is 26.3 Å². The minimum atomic E-state index is -0.974. The first-order chi connectivity index (χ1) is 17.1. The molecule has 198 valence electrons. The van der Waals surface area contributed by atoms with Gasteiger partial charge in [-0.1, -0.05) is 32.0 Å². The van der Waals surface area contributed by atoms with Crippen LogP contribution in [0.15, 0.2) is 36.4 Å². The van der Waals surface area contributed by atoms with Gasteiger partial charge in [0, 0.05) is 19.6 Å². The van der Waals surface area contributed by atoms with Crippen LogP contribution in [0.1, 0.15) is 55.9 Å². The van der Waals surface area contributed by atoms with E-state index in [0.29, 0.717) is 43.7 Å². The number of hydrogen-bond acceptors (Lipinski definition) is 5. The van der Waals surface area contributed by atoms with Gasteiger partial charge < -0.3 is 24.2 Å². The third-order valence-corrected chi connectivity index (χ3v) is 6.07. The number of carboxylic acids is 1. The van der Waals surface area contributed by atoms with Gasteiger partial charge in [0.2, 0.25) is 0 Å². The molecule has 0 radical (unpaired) electrons. The Balaban J connectivity index is 1.97. The molecule has 0 aliphatic carbocycles. The van der Waals surface area contributed by atoms with E-state index in [2.05, 4.69) is 13.8 Å². The van der Waals surface area contributed by atoms with E-state index >= 15 is 0 Å². The third-order valence-electron chi connectivity index (χ3n) is 6.07. The maximum atomic E-state index is 13.0. The number of amides is 1. The first-order valence-corrected chi connectivity index (χ1v) is 12.7. The van der Waals surface area contributed by atoms with Gasteiger partial charge in [-0.05, 0) is 86.9 Å². The Bertz CT molecular complexity index is 986. The number of hydrogen-bond donors (Lipinski definition) is 1. The fourth-order valence-corrected chi connectivity index (χ4v) is 3.82. The van der Waals surface area contributed by atoms with Gasteiger partial charge in [-0.3, -0.25) is 0 Å². The molecule has 0 spiro atoms. The number of aryl methyl sites for hydroxylation is 3. The van der Waals surface area contributed by atoms with Crippen LogP contribution in [0.2, 0.25) is 0 Å². The lowest BCUT2D eigenvalue weighted by molar-refractivity contribution is -0.149. The molecule has 36 heavy (non-hydrogen) atoms. The van der Waals surface area contributed by atoms with Crippen molar-refractivity contribution >= 4 is 12.1 Å². The van der Waals surface area contributed by atoms with Crippen LogP contribution in [0.25, 0.3) is 0 Å². The Hall–Kier alpha value is -3.06. The average Bonchev–Trinajstić information content (AvgIpc) is 2.82. The van der Waals surface area contributed by atoms with Crippen molar-refractivity contribution in [2.24, 2.45) is 5.92 Å². The highest BCUT2D eigenvalue weighted by Crippen LogP contribution is 2.23. The molecule has 0 heterocycles. The fourth-order valence-electron chi connectivity index (χ4n) is 3.82. The molecule has 0 aliphatic rings. The van der Waals surface area contributed by atoms with Crippen molar-refractivity contribution in [1.29, 1.82) is 0 Å². The molecule has 7 nitrogen and oxygen atoms in total. The minimum Gasteiger partial charge on any atom is -0.492 e. The number of benzene rings is 2. The lowest BCUT2D eigenvalue weighted by atomic mass is 10.1. The molecule has 0 bridgehead atoms. The molecule has 0 saturated heterocycles. The van der Waals surface area contributed by atoms with Crippen molar-refractivity contribution in [3.63, 3.8) is 0 Å². The van der Waals surface area contributed by atoms with E-state index in [1.54, 1.807) is 24.0 Å². The van der Waals surface area contributed by atoms with Crippen molar-refractivity contribution in [1.82, 2.24) is 4.90 Å². The zero-order valence-electron chi connectivity index (χ0n) is 22.5. The zero-order valence-corrected chi connectivity index (χ0v) is 22.5. The summed E-state index contributed by atoms with van der Waals surface area (Å²) in [5.41, 5.74) is 4.03. The Morgan fingerprint density at radius 1 is 0.972 bits per heavy atom. The molecule has 2 aromatic rings. The van der Waals surface area contributed by atoms with E-state index in [-0.39, 0.29) is 12.5 Å². The third kappa shape index (κ3) is 9.53. The van der Waals surface area contributed by atoms with Crippen LogP contribution in [0.4, 0.5) is 4.79 Å². The molecule has 0 saturated carbocycles. The topological polar surface area (TPSA) is 85.3 Å². The Morgan fingerprint density at radius 2 is 1.64 bits per heavy atom. The van der Waals surface area contributed by atoms with Crippen LogP contribution in [-0.2, 0) is 16.0 Å². The van der Waals surface area contributed by atoms with Crippen LogP contribution < -0.4 is 9.47 Å². The van der Waals surface area contributed by atoms with E-state index in [1.807, 2.05) is 45.0 Å². The van der Waals surface area contributed by atoms with Gasteiger partial charge in [0.15, 0.2) is 6.10 Å². The highest BCUT2D eigenvalue weighted by molar-refractivity contribution is 5.73. The number of nitrogens with zero attached hydrogens (tertiary/aromatic N) is 1. The smallest absolute Gasteiger partial charge is 0.415 e. The van der Waals surface area contributed by atoms with E-state index in [0.717, 1.165) is 35.1 Å². The monoisotopic (exact) mass is 499 g/mol. The molecule has 0 aliphatic heterocycles. The van der Waals surface area contributed by atoms with Gasteiger partial charge in [0.25, 0.3) is 0 Å². The first-order valence-electron chi connectivity index (χ1n) is 12.7. The van der Waals surface area contributed by atoms with E-state index in [9.17, 15) is 14.7 Å². The van der Waals surface area contributed by atoms with Crippen molar-refractivity contribution in [3.05, 3.63) is 58.7 Å². The number of carbonyl (C=O) groups is 2. The minimum absolute atomic E-state index is 0.289. The SMILES string of the molecule is CCOC(Cc1ccc(OCCN(CCCC(C)C)C(=O)Oc2cc(C)c(C)cc2C)cc1)C(=O)O. The Kier molecular flexibility index (Phi) is 11.7. The zero-order chi connectivity index (χ0) is 26.7. The van der Waals surface area contributed by atoms with Crippen molar-refractivity contribution in [2.45, 2.75) is 66.9 Å². The van der Waals surface area contributed by atoms with Gasteiger partial charge >= 0.3 is 12.1 Å². The van der Waals surface area contributed by atoms with Crippen LogP contribution in [-0.4, -0.2) is 54.5 Å². The lowest BCUT2D eigenvalue weighted by Crippen LogP contribution is -2.37. The number of aliphatic carboxylic acids is 1. The predicted octanol–water partition coefficient (Wildman–Crippen LogP) is 5.96. The van der Waals surface area contributed by atoms with Gasteiger partial charge in [-0.2, -0.15) is 0 Å². The molecule has 7 heteroatoms. The average molecular weight is 500 g/mol. The van der Waals surface area contributed by atoms with Crippen molar-refractivity contribution in [3.8, 4) is 11.5 Å². The summed E-state index contributed by atoms with van der Waals surface area (Å²) in [6, 6.07) is 11.2. The second kappa shape index (κ2) is 14.5. The maximum absolute atomic E-state index is 13.0. The summed E-state index contributed by atoms with van der Waals surface area (Å²) in [6.07, 6.45) is 0.954. The number of rotatable bonds is 14. The Labute approximate surface area is 215 Å². The van der Waals surface area contributed by atoms with E-state index in [4.69, 9.17) is 14.2 Å². The fraction of sp³-hybridized carbons (Fsp3) is 0.517. The molecule has 1 N–H and O–H groups in total. The summed E-state index contributed by atoms with van der Waals surface area (Å²) in [5, 5.41) is 9.27. The molecular formula is C29H41NO6. The number of carbonyl (C=O) groups excluding carboxylic acids is 1. The normalized spacial score (nSPS) is 11.9. The highest BCUT2D eigenvalue weighted by atomic mass is 16.6. The van der Waals surface area contributed by atoms with Gasteiger partial charge in [0.1, 0.15) is 18.1 Å². The van der Waals surface area contributed by atoms with E-state index in [1.165, 1.54) is 0 Å². The summed E-state index contributed by atoms with van der Waals surface area (Å²) in [4.78, 5) is 26.0. The van der Waals surface area contributed by atoms with Crippen molar-refractivity contribution < 1.29 is 28.9 Å². The molecule has 0 fully saturated rings. The standard InChI is InChI=1S/C29H41NO6/c1-7-34-27(28(31)32)19-24-10-12-25(13-11-24)35-16-15-30(14-8-9-20(2)3)29(33)36-26-18-22(5)21(4)17-23(26)6/h10-13,17-18,20,27H,7-9,14-16,19H2,1-6H3,(H,31,32). The molecule has 1 amide bonds. The van der Waals surface area contributed by atoms with Gasteiger partial charge in [0.05, 0.1) is 6.54 Å². The number of ether oxygens (including phenoxy) is 3. The molecule has 2 aromatic carbocycles. The highest BCUT2D eigenvalue weighted by Gasteiger charge is 2.19. The molecule has 1 atom stereocenters. The van der Waals surface area contributed by atoms with Gasteiger partial charge in [-0.25, -0.2) is 9.59 Å². The summed E-state index contributed by atoms with van der Waals surface area (Å²) in [7, 11) is 0. The second-order valence-electron chi connectivity index (χ2n) is 9.57. The summed E-state index contributed by atoms with van der Waals surface area (Å²) < 4.78 is 16.9. The Morgan fingerprint density at radius 3 is 2.25 bits per heavy atom. The van der Waals surface area contributed by atoms with Crippen LogP contribution in [0.3, 0.4) is 0 Å². The molecule has 0 aromatic heterocycles. The molecule has 2 rings (SSSR count). The van der Waals surface area contributed by atoms with Gasteiger partial charge in [-0.15, -0.1) is 0 Å². The summed E-state index contributed by atoms with van der Waals surface area (Å²) in [6.45, 7) is 13.8. The largest absolute Gasteiger partial charge is 0.492 e. The first kappa shape index (κ1) is 29.2. The van der Waals surface area contributed by atoms with Crippen LogP contribution in [0.5, 0.6) is 11.5 Å². The van der Waals surface area contributed by atoms with Crippen LogP contribution >= 0.6 is 0 Å². The summed E-state index contributed by atoms with van der Waals surface area (Å²) >= 11 is 0.